The van der Waals surface area contributed by atoms with Crippen LogP contribution in [-0.2, 0) is 17.8 Å². The number of aryl methyl sites for hydroxylation is 1. The molecule has 10 heteroatoms. The molecule has 1 heterocycles. The maximum Gasteiger partial charge on any atom is 0.387 e. The first-order valence-electron chi connectivity index (χ1n) is 8.63. The SMILES string of the molecule is COc1cc(CCNC(=O)Cn2nc(C)c(C)c(C#N)c2=O)ccc1OC(F)F. The molecule has 1 amide bonds. The van der Waals surface area contributed by atoms with Gasteiger partial charge in [0.1, 0.15) is 18.2 Å². The molecular weight excluding hydrogens is 386 g/mol. The highest BCUT2D eigenvalue weighted by atomic mass is 19.3. The minimum Gasteiger partial charge on any atom is -0.493 e. The van der Waals surface area contributed by atoms with Crippen molar-refractivity contribution in [2.75, 3.05) is 13.7 Å². The first kappa shape index (κ1) is 21.8. The van der Waals surface area contributed by atoms with E-state index in [1.807, 2.05) is 6.07 Å². The van der Waals surface area contributed by atoms with Crippen molar-refractivity contribution >= 4 is 5.91 Å². The van der Waals surface area contributed by atoms with Crippen LogP contribution in [0.1, 0.15) is 22.4 Å². The van der Waals surface area contributed by atoms with E-state index in [1.54, 1.807) is 26.0 Å². The van der Waals surface area contributed by atoms with Crippen molar-refractivity contribution in [2.24, 2.45) is 0 Å². The van der Waals surface area contributed by atoms with E-state index in [9.17, 15) is 18.4 Å². The lowest BCUT2D eigenvalue weighted by Crippen LogP contribution is -2.36. The monoisotopic (exact) mass is 406 g/mol. The van der Waals surface area contributed by atoms with Crippen LogP contribution in [0.5, 0.6) is 11.5 Å². The van der Waals surface area contributed by atoms with Crippen molar-refractivity contribution in [2.45, 2.75) is 33.4 Å². The molecule has 0 radical (unpaired) electrons. The van der Waals surface area contributed by atoms with Crippen molar-refractivity contribution in [3.8, 4) is 17.6 Å². The summed E-state index contributed by atoms with van der Waals surface area (Å²) in [6.07, 6.45) is 0.399. The molecule has 0 bridgehead atoms. The molecular formula is C19H20F2N4O4. The Morgan fingerprint density at radius 2 is 2.07 bits per heavy atom. The summed E-state index contributed by atoms with van der Waals surface area (Å²) >= 11 is 0. The first-order chi connectivity index (χ1) is 13.8. The molecule has 0 aliphatic heterocycles. The summed E-state index contributed by atoms with van der Waals surface area (Å²) in [5.41, 5.74) is 1.06. The molecule has 1 aromatic heterocycles. The van der Waals surface area contributed by atoms with Crippen LogP contribution in [0, 0.1) is 25.2 Å². The van der Waals surface area contributed by atoms with Gasteiger partial charge in [0.05, 0.1) is 12.8 Å². The lowest BCUT2D eigenvalue weighted by molar-refractivity contribution is -0.121. The smallest absolute Gasteiger partial charge is 0.387 e. The Bertz CT molecular complexity index is 999. The van der Waals surface area contributed by atoms with Crippen molar-refractivity contribution in [1.29, 1.82) is 5.26 Å². The fraction of sp³-hybridized carbons (Fsp3) is 0.368. The second-order valence-corrected chi connectivity index (χ2v) is 6.12. The molecule has 29 heavy (non-hydrogen) atoms. The van der Waals surface area contributed by atoms with Crippen LogP contribution >= 0.6 is 0 Å². The number of carbonyl (C=O) groups is 1. The molecule has 0 saturated carbocycles. The van der Waals surface area contributed by atoms with Crippen molar-refractivity contribution in [1.82, 2.24) is 15.1 Å². The van der Waals surface area contributed by atoms with E-state index < -0.39 is 18.1 Å². The lowest BCUT2D eigenvalue weighted by Gasteiger charge is -2.12. The lowest BCUT2D eigenvalue weighted by atomic mass is 10.1. The molecule has 0 spiro atoms. The highest BCUT2D eigenvalue weighted by Gasteiger charge is 2.14. The normalized spacial score (nSPS) is 10.5. The molecule has 0 aliphatic rings. The number of nitrogens with zero attached hydrogens (tertiary/aromatic N) is 3. The van der Waals surface area contributed by atoms with Crippen LogP contribution in [-0.4, -0.2) is 36.0 Å². The molecule has 0 unspecified atom stereocenters. The average Bonchev–Trinajstić information content (AvgIpc) is 2.67. The second-order valence-electron chi connectivity index (χ2n) is 6.12. The minimum absolute atomic E-state index is 0.0384. The van der Waals surface area contributed by atoms with Crippen LogP contribution in [0.15, 0.2) is 23.0 Å². The van der Waals surface area contributed by atoms with Gasteiger partial charge >= 0.3 is 6.61 Å². The van der Waals surface area contributed by atoms with Crippen LogP contribution in [0.3, 0.4) is 0 Å². The molecule has 2 aromatic rings. The predicted molar refractivity (Wildman–Crippen MR) is 99.0 cm³/mol. The van der Waals surface area contributed by atoms with Gasteiger partial charge in [0.25, 0.3) is 5.56 Å². The van der Waals surface area contributed by atoms with E-state index in [-0.39, 0.29) is 30.2 Å². The molecule has 1 aromatic carbocycles. The Labute approximate surface area is 165 Å². The third kappa shape index (κ3) is 5.51. The molecule has 0 atom stereocenters. The van der Waals surface area contributed by atoms with E-state index in [0.29, 0.717) is 17.7 Å². The number of hydrogen-bond donors (Lipinski definition) is 1. The Morgan fingerprint density at radius 3 is 2.69 bits per heavy atom. The van der Waals surface area contributed by atoms with Gasteiger partial charge in [0, 0.05) is 6.54 Å². The van der Waals surface area contributed by atoms with Crippen molar-refractivity contribution in [3.63, 3.8) is 0 Å². The largest absolute Gasteiger partial charge is 0.493 e. The summed E-state index contributed by atoms with van der Waals surface area (Å²) in [4.78, 5) is 24.3. The van der Waals surface area contributed by atoms with E-state index in [2.05, 4.69) is 15.2 Å². The minimum atomic E-state index is -2.96. The van der Waals surface area contributed by atoms with E-state index >= 15 is 0 Å². The number of ether oxygens (including phenoxy) is 2. The van der Waals surface area contributed by atoms with Gasteiger partial charge in [0.2, 0.25) is 5.91 Å². The van der Waals surface area contributed by atoms with Gasteiger partial charge in [-0.3, -0.25) is 9.59 Å². The number of carbonyl (C=O) groups excluding carboxylic acids is 1. The number of rotatable bonds is 8. The van der Waals surface area contributed by atoms with Gasteiger partial charge in [-0.05, 0) is 43.5 Å². The fourth-order valence-corrected chi connectivity index (χ4v) is 2.61. The number of nitrogens with one attached hydrogen (secondary N) is 1. The zero-order valence-electron chi connectivity index (χ0n) is 16.2. The topological polar surface area (TPSA) is 106 Å². The predicted octanol–water partition coefficient (Wildman–Crippen LogP) is 1.70. The molecule has 1 N–H and O–H groups in total. The first-order valence-corrected chi connectivity index (χ1v) is 8.63. The van der Waals surface area contributed by atoms with Crippen LogP contribution in [0.2, 0.25) is 0 Å². The van der Waals surface area contributed by atoms with Crippen LogP contribution in [0.4, 0.5) is 8.78 Å². The second kappa shape index (κ2) is 9.64. The van der Waals surface area contributed by atoms with Crippen LogP contribution < -0.4 is 20.3 Å². The molecule has 0 fully saturated rings. The van der Waals surface area contributed by atoms with Gasteiger partial charge < -0.3 is 14.8 Å². The third-order valence-corrected chi connectivity index (χ3v) is 4.22. The fourth-order valence-electron chi connectivity index (χ4n) is 2.61. The third-order valence-electron chi connectivity index (χ3n) is 4.22. The van der Waals surface area contributed by atoms with E-state index in [4.69, 9.17) is 10.00 Å². The summed E-state index contributed by atoms with van der Waals surface area (Å²) in [5.74, 6) is -0.371. The van der Waals surface area contributed by atoms with E-state index in [1.165, 1.54) is 13.2 Å². The Hall–Kier alpha value is -3.48. The number of benzene rings is 1. The van der Waals surface area contributed by atoms with Gasteiger partial charge in [0.15, 0.2) is 11.5 Å². The zero-order valence-corrected chi connectivity index (χ0v) is 16.2. The number of amides is 1. The zero-order chi connectivity index (χ0) is 21.6. The summed E-state index contributed by atoms with van der Waals surface area (Å²) in [6.45, 7) is 0.233. The quantitative estimate of drug-likeness (QED) is 0.715. The Balaban J connectivity index is 1.98. The van der Waals surface area contributed by atoms with Gasteiger partial charge in [-0.15, -0.1) is 0 Å². The molecule has 2 rings (SSSR count). The number of aromatic nitrogens is 2. The van der Waals surface area contributed by atoms with Crippen LogP contribution in [0.25, 0.3) is 0 Å². The van der Waals surface area contributed by atoms with Crippen molar-refractivity contribution < 1.29 is 23.0 Å². The standard InChI is InChI=1S/C19H20F2N4O4/c1-11-12(2)24-25(18(27)14(11)9-22)10-17(26)23-7-6-13-4-5-15(29-19(20)21)16(8-13)28-3/h4-5,8,19H,6-7,10H2,1-3H3,(H,23,26). The van der Waals surface area contributed by atoms with Gasteiger partial charge in [-0.2, -0.15) is 19.1 Å². The molecule has 0 aliphatic carbocycles. The van der Waals surface area contributed by atoms with Gasteiger partial charge in [-0.1, -0.05) is 6.07 Å². The number of methoxy groups -OCH3 is 1. The number of alkyl halides is 2. The molecule has 0 saturated heterocycles. The number of halogens is 2. The van der Waals surface area contributed by atoms with E-state index in [0.717, 1.165) is 10.2 Å². The number of nitriles is 1. The summed E-state index contributed by atoms with van der Waals surface area (Å²) < 4.78 is 35.1. The molecule has 8 nitrogen and oxygen atoms in total. The Kier molecular flexibility index (Phi) is 7.25. The number of hydrogen-bond acceptors (Lipinski definition) is 6. The summed E-state index contributed by atoms with van der Waals surface area (Å²) in [7, 11) is 1.34. The van der Waals surface area contributed by atoms with Crippen molar-refractivity contribution in [3.05, 3.63) is 50.9 Å². The maximum atomic E-state index is 12.4. The highest BCUT2D eigenvalue weighted by Crippen LogP contribution is 2.29. The highest BCUT2D eigenvalue weighted by molar-refractivity contribution is 5.75. The summed E-state index contributed by atoms with van der Waals surface area (Å²) in [5, 5.41) is 15.8. The average molecular weight is 406 g/mol. The molecule has 154 valence electrons. The maximum absolute atomic E-state index is 12.4. The summed E-state index contributed by atoms with van der Waals surface area (Å²) in [6, 6.07) is 6.33. The van der Waals surface area contributed by atoms with Gasteiger partial charge in [-0.25, -0.2) is 4.68 Å². The Morgan fingerprint density at radius 1 is 1.34 bits per heavy atom.